The topological polar surface area (TPSA) is 63.1 Å². The lowest BCUT2D eigenvalue weighted by atomic mass is 9.92. The first-order valence-electron chi connectivity index (χ1n) is 7.62. The van der Waals surface area contributed by atoms with Crippen LogP contribution in [0.15, 0.2) is 17.2 Å². The minimum absolute atomic E-state index is 0.0578. The quantitative estimate of drug-likeness (QED) is 0.844. The number of hydrogen-bond acceptors (Lipinski definition) is 3. The predicted octanol–water partition coefficient (Wildman–Crippen LogP) is 1.99. The third kappa shape index (κ3) is 4.08. The Morgan fingerprint density at radius 2 is 2.14 bits per heavy atom. The zero-order valence-corrected chi connectivity index (χ0v) is 14.3. The second-order valence-electron chi connectivity index (χ2n) is 6.78. The van der Waals surface area contributed by atoms with E-state index in [9.17, 15) is 8.42 Å². The summed E-state index contributed by atoms with van der Waals surface area (Å²) in [4.78, 5) is 0.364. The van der Waals surface area contributed by atoms with E-state index in [2.05, 4.69) is 23.9 Å². The van der Waals surface area contributed by atoms with Gasteiger partial charge in [0, 0.05) is 31.5 Å². The molecular formula is C15H27N3O2S. The Balaban J connectivity index is 2.09. The number of sulfonamides is 1. The van der Waals surface area contributed by atoms with Crippen LogP contribution in [-0.2, 0) is 23.6 Å². The molecule has 0 bridgehead atoms. The molecule has 0 spiro atoms. The molecule has 1 aromatic rings. The molecule has 2 rings (SSSR count). The molecule has 1 aliphatic carbocycles. The molecule has 1 aromatic heterocycles. The van der Waals surface area contributed by atoms with Crippen LogP contribution >= 0.6 is 0 Å². The van der Waals surface area contributed by atoms with E-state index in [1.807, 2.05) is 18.5 Å². The van der Waals surface area contributed by atoms with Crippen molar-refractivity contribution in [3.05, 3.63) is 18.0 Å². The van der Waals surface area contributed by atoms with Crippen LogP contribution in [0.1, 0.15) is 45.7 Å². The van der Waals surface area contributed by atoms with Crippen molar-refractivity contribution in [3.8, 4) is 0 Å². The van der Waals surface area contributed by atoms with E-state index in [0.29, 0.717) is 11.4 Å². The van der Waals surface area contributed by atoms with Crippen LogP contribution in [0.2, 0.25) is 0 Å². The summed E-state index contributed by atoms with van der Waals surface area (Å²) in [5.74, 6) is 0. The van der Waals surface area contributed by atoms with E-state index in [-0.39, 0.29) is 11.5 Å². The molecule has 1 heterocycles. The number of nitrogens with zero attached hydrogens (tertiary/aromatic N) is 1. The van der Waals surface area contributed by atoms with Crippen LogP contribution in [0.4, 0.5) is 0 Å². The Hall–Kier alpha value is -0.850. The van der Waals surface area contributed by atoms with Gasteiger partial charge in [-0.25, -0.2) is 13.1 Å². The summed E-state index contributed by atoms with van der Waals surface area (Å²) in [6, 6.07) is 1.81. The molecule has 1 atom stereocenters. The maximum atomic E-state index is 12.5. The van der Waals surface area contributed by atoms with Crippen LogP contribution in [0.3, 0.4) is 0 Å². The van der Waals surface area contributed by atoms with E-state index in [4.69, 9.17) is 0 Å². The van der Waals surface area contributed by atoms with Gasteiger partial charge in [0.25, 0.3) is 0 Å². The first-order valence-corrected chi connectivity index (χ1v) is 9.10. The average molecular weight is 313 g/mol. The van der Waals surface area contributed by atoms with Crippen molar-refractivity contribution < 1.29 is 8.42 Å². The Labute approximate surface area is 128 Å². The van der Waals surface area contributed by atoms with Gasteiger partial charge in [0.15, 0.2) is 0 Å². The summed E-state index contributed by atoms with van der Waals surface area (Å²) >= 11 is 0. The zero-order chi connectivity index (χ0) is 15.7. The lowest BCUT2D eigenvalue weighted by Gasteiger charge is -2.17. The monoisotopic (exact) mass is 313 g/mol. The maximum absolute atomic E-state index is 12.5. The highest BCUT2D eigenvalue weighted by molar-refractivity contribution is 7.89. The second kappa shape index (κ2) is 6.10. The largest absolute Gasteiger partial charge is 0.352 e. The molecule has 0 amide bonds. The molecule has 0 saturated heterocycles. The van der Waals surface area contributed by atoms with Crippen LogP contribution < -0.4 is 10.0 Å². The highest BCUT2D eigenvalue weighted by atomic mass is 32.2. The minimum atomic E-state index is -3.42. The van der Waals surface area contributed by atoms with Crippen molar-refractivity contribution >= 4 is 10.0 Å². The Bertz CT molecular complexity index is 590. The summed E-state index contributed by atoms with van der Waals surface area (Å²) in [6.07, 6.45) is 4.59. The first kappa shape index (κ1) is 16.5. The molecule has 2 N–H and O–H groups in total. The Kier molecular flexibility index (Phi) is 4.80. The van der Waals surface area contributed by atoms with Gasteiger partial charge < -0.3 is 9.88 Å². The number of hydrogen-bond donors (Lipinski definition) is 2. The molecule has 21 heavy (non-hydrogen) atoms. The van der Waals surface area contributed by atoms with Gasteiger partial charge in [0.1, 0.15) is 0 Å². The predicted molar refractivity (Wildman–Crippen MR) is 84.5 cm³/mol. The standard InChI is InChI=1S/C15H27N3O2S/c1-5-16-10-13-8-14(11-18(13)4)21(19,20)17-12-6-7-15(2,3)9-12/h8,11-12,16-17H,5-7,9-10H2,1-4H3. The highest BCUT2D eigenvalue weighted by Gasteiger charge is 2.33. The van der Waals surface area contributed by atoms with Gasteiger partial charge in [-0.2, -0.15) is 0 Å². The first-order chi connectivity index (χ1) is 9.73. The van der Waals surface area contributed by atoms with Crippen molar-refractivity contribution in [2.75, 3.05) is 6.54 Å². The molecule has 1 aliphatic rings. The maximum Gasteiger partial charge on any atom is 0.242 e. The summed E-state index contributed by atoms with van der Waals surface area (Å²) in [5.41, 5.74) is 1.21. The third-order valence-electron chi connectivity index (χ3n) is 4.24. The summed E-state index contributed by atoms with van der Waals surface area (Å²) in [7, 11) is -1.54. The Morgan fingerprint density at radius 3 is 2.71 bits per heavy atom. The lowest BCUT2D eigenvalue weighted by Crippen LogP contribution is -2.33. The molecule has 1 saturated carbocycles. The number of aryl methyl sites for hydroxylation is 1. The lowest BCUT2D eigenvalue weighted by molar-refractivity contribution is 0.372. The molecule has 0 aliphatic heterocycles. The molecule has 0 radical (unpaired) electrons. The van der Waals surface area contributed by atoms with Gasteiger partial charge in [0.2, 0.25) is 10.0 Å². The third-order valence-corrected chi connectivity index (χ3v) is 5.73. The second-order valence-corrected chi connectivity index (χ2v) is 8.50. The summed E-state index contributed by atoms with van der Waals surface area (Å²) in [6.45, 7) is 7.96. The number of nitrogens with one attached hydrogen (secondary N) is 2. The van der Waals surface area contributed by atoms with Gasteiger partial charge >= 0.3 is 0 Å². The molecule has 1 fully saturated rings. The molecule has 0 aromatic carbocycles. The fourth-order valence-electron chi connectivity index (χ4n) is 2.98. The van der Waals surface area contributed by atoms with Crippen LogP contribution in [-0.4, -0.2) is 25.6 Å². The molecule has 6 heteroatoms. The Morgan fingerprint density at radius 1 is 1.43 bits per heavy atom. The van der Waals surface area contributed by atoms with Crippen LogP contribution in [0, 0.1) is 5.41 Å². The van der Waals surface area contributed by atoms with E-state index in [1.54, 1.807) is 12.3 Å². The van der Waals surface area contributed by atoms with Crippen molar-refractivity contribution in [1.82, 2.24) is 14.6 Å². The molecule has 5 nitrogen and oxygen atoms in total. The highest BCUT2D eigenvalue weighted by Crippen LogP contribution is 2.37. The van der Waals surface area contributed by atoms with E-state index >= 15 is 0 Å². The van der Waals surface area contributed by atoms with Gasteiger partial charge in [-0.05, 0) is 37.3 Å². The van der Waals surface area contributed by atoms with Crippen LogP contribution in [0.5, 0.6) is 0 Å². The van der Waals surface area contributed by atoms with Gasteiger partial charge in [-0.3, -0.25) is 0 Å². The van der Waals surface area contributed by atoms with Crippen LogP contribution in [0.25, 0.3) is 0 Å². The minimum Gasteiger partial charge on any atom is -0.352 e. The molecule has 1 unspecified atom stereocenters. The van der Waals surface area contributed by atoms with Crippen molar-refractivity contribution in [1.29, 1.82) is 0 Å². The van der Waals surface area contributed by atoms with E-state index < -0.39 is 10.0 Å². The van der Waals surface area contributed by atoms with Crippen molar-refractivity contribution in [2.45, 2.75) is 57.5 Å². The van der Waals surface area contributed by atoms with Crippen molar-refractivity contribution in [2.24, 2.45) is 12.5 Å². The average Bonchev–Trinajstić information content (AvgIpc) is 2.90. The molecule has 120 valence electrons. The SMILES string of the molecule is CCNCc1cc(S(=O)(=O)NC2CCC(C)(C)C2)cn1C. The van der Waals surface area contributed by atoms with Gasteiger partial charge in [-0.15, -0.1) is 0 Å². The van der Waals surface area contributed by atoms with Gasteiger partial charge in [0.05, 0.1) is 4.90 Å². The fourth-order valence-corrected chi connectivity index (χ4v) is 4.34. The van der Waals surface area contributed by atoms with E-state index in [0.717, 1.165) is 31.5 Å². The zero-order valence-electron chi connectivity index (χ0n) is 13.4. The normalized spacial score (nSPS) is 21.8. The number of rotatable bonds is 6. The number of aromatic nitrogens is 1. The van der Waals surface area contributed by atoms with E-state index in [1.165, 1.54) is 0 Å². The smallest absolute Gasteiger partial charge is 0.242 e. The van der Waals surface area contributed by atoms with Crippen molar-refractivity contribution in [3.63, 3.8) is 0 Å². The van der Waals surface area contributed by atoms with Gasteiger partial charge in [-0.1, -0.05) is 20.8 Å². The molecular weight excluding hydrogens is 286 g/mol. The summed E-state index contributed by atoms with van der Waals surface area (Å²) < 4.78 is 29.7. The fraction of sp³-hybridized carbons (Fsp3) is 0.733. The summed E-state index contributed by atoms with van der Waals surface area (Å²) in [5, 5.41) is 3.22.